The molecule has 0 radical (unpaired) electrons. The molecule has 2 nitrogen and oxygen atoms in total. The lowest BCUT2D eigenvalue weighted by Crippen LogP contribution is -2.26. The van der Waals surface area contributed by atoms with Gasteiger partial charge < -0.3 is 0 Å². The van der Waals surface area contributed by atoms with Crippen LogP contribution in [0, 0.1) is 0 Å². The van der Waals surface area contributed by atoms with E-state index in [1.54, 1.807) is 22.7 Å². The molecule has 1 heterocycles. The Labute approximate surface area is 145 Å². The van der Waals surface area contributed by atoms with Gasteiger partial charge in [-0.15, -0.1) is 0 Å². The van der Waals surface area contributed by atoms with Gasteiger partial charge in [-0.2, -0.15) is 0 Å². The van der Waals surface area contributed by atoms with Gasteiger partial charge in [0, 0.05) is 15.9 Å². The quantitative estimate of drug-likeness (QED) is 0.576. The second-order valence-electron chi connectivity index (χ2n) is 5.46. The zero-order chi connectivity index (χ0) is 16.4. The number of hydrogen-bond acceptors (Lipinski definition) is 2. The van der Waals surface area contributed by atoms with Gasteiger partial charge in [-0.25, -0.2) is 0 Å². The third-order valence-electron chi connectivity index (χ3n) is 3.87. The molecular formula is C21H15NOS. The smallest absolute Gasteiger partial charge is 0.255 e. The van der Waals surface area contributed by atoms with Gasteiger partial charge in [-0.05, 0) is 35.9 Å². The van der Waals surface area contributed by atoms with Crippen LogP contribution in [0.4, 0.5) is 11.4 Å². The number of benzene rings is 3. The van der Waals surface area contributed by atoms with Gasteiger partial charge in [0.1, 0.15) is 0 Å². The van der Waals surface area contributed by atoms with Gasteiger partial charge in [0.05, 0.1) is 11.4 Å². The van der Waals surface area contributed by atoms with Crippen molar-refractivity contribution >= 4 is 35.1 Å². The van der Waals surface area contributed by atoms with Crippen molar-refractivity contribution in [2.45, 2.75) is 9.79 Å². The molecule has 116 valence electrons. The molecular weight excluding hydrogens is 314 g/mol. The highest BCUT2D eigenvalue weighted by Gasteiger charge is 2.26. The summed E-state index contributed by atoms with van der Waals surface area (Å²) in [4.78, 5) is 16.9. The summed E-state index contributed by atoms with van der Waals surface area (Å²) in [6.07, 6.45) is 3.49. The lowest BCUT2D eigenvalue weighted by Gasteiger charge is -2.30. The van der Waals surface area contributed by atoms with Crippen LogP contribution < -0.4 is 4.90 Å². The fourth-order valence-corrected chi connectivity index (χ4v) is 3.81. The Morgan fingerprint density at radius 3 is 1.92 bits per heavy atom. The minimum atomic E-state index is -0.0425. The number of fused-ring (bicyclic) bond motifs is 2. The molecule has 0 atom stereocenters. The van der Waals surface area contributed by atoms with E-state index >= 15 is 0 Å². The van der Waals surface area contributed by atoms with E-state index in [-0.39, 0.29) is 5.91 Å². The number of rotatable bonds is 2. The zero-order valence-electron chi connectivity index (χ0n) is 12.9. The maximum atomic E-state index is 12.9. The van der Waals surface area contributed by atoms with Crippen LogP contribution >= 0.6 is 11.8 Å². The molecule has 0 spiro atoms. The summed E-state index contributed by atoms with van der Waals surface area (Å²) >= 11 is 1.70. The Balaban J connectivity index is 1.74. The average Bonchev–Trinajstić information content (AvgIpc) is 2.65. The molecule has 0 saturated heterocycles. The molecule has 3 aromatic rings. The van der Waals surface area contributed by atoms with Crippen LogP contribution in [0.2, 0.25) is 0 Å². The van der Waals surface area contributed by atoms with Crippen LogP contribution in [0.15, 0.2) is 94.7 Å². The molecule has 1 amide bonds. The van der Waals surface area contributed by atoms with Crippen LogP contribution in [0.3, 0.4) is 0 Å². The number of carbonyl (C=O) groups is 1. The van der Waals surface area contributed by atoms with Crippen molar-refractivity contribution in [3.8, 4) is 0 Å². The molecule has 24 heavy (non-hydrogen) atoms. The molecule has 0 unspecified atom stereocenters. The van der Waals surface area contributed by atoms with Crippen LogP contribution in [0.5, 0.6) is 0 Å². The van der Waals surface area contributed by atoms with Crippen molar-refractivity contribution in [1.29, 1.82) is 0 Å². The number of anilines is 2. The Morgan fingerprint density at radius 1 is 0.750 bits per heavy atom. The van der Waals surface area contributed by atoms with Crippen molar-refractivity contribution in [3.05, 3.63) is 90.5 Å². The predicted octanol–water partition coefficient (Wildman–Crippen LogP) is 5.53. The molecule has 0 fully saturated rings. The van der Waals surface area contributed by atoms with Gasteiger partial charge in [-0.1, -0.05) is 66.4 Å². The third-order valence-corrected chi connectivity index (χ3v) is 5.00. The summed E-state index contributed by atoms with van der Waals surface area (Å²) in [5, 5.41) is 0. The summed E-state index contributed by atoms with van der Waals surface area (Å²) in [5.74, 6) is -0.0425. The van der Waals surface area contributed by atoms with E-state index < -0.39 is 0 Å². The highest BCUT2D eigenvalue weighted by molar-refractivity contribution is 7.99. The monoisotopic (exact) mass is 329 g/mol. The minimum Gasteiger partial charge on any atom is -0.275 e. The van der Waals surface area contributed by atoms with E-state index in [4.69, 9.17) is 0 Å². The van der Waals surface area contributed by atoms with Gasteiger partial charge in [0.25, 0.3) is 5.91 Å². The van der Waals surface area contributed by atoms with Gasteiger partial charge >= 0.3 is 0 Å². The number of carbonyl (C=O) groups excluding carboxylic acids is 1. The number of nitrogens with zero attached hydrogens (tertiary/aromatic N) is 1. The first-order chi connectivity index (χ1) is 11.8. The van der Waals surface area contributed by atoms with Crippen molar-refractivity contribution in [1.82, 2.24) is 0 Å². The molecule has 0 aliphatic carbocycles. The highest BCUT2D eigenvalue weighted by atomic mass is 32.2. The Kier molecular flexibility index (Phi) is 3.93. The first-order valence-corrected chi connectivity index (χ1v) is 8.58. The van der Waals surface area contributed by atoms with Crippen LogP contribution in [-0.2, 0) is 4.79 Å². The topological polar surface area (TPSA) is 20.3 Å². The molecule has 1 aliphatic rings. The first kappa shape index (κ1) is 14.8. The molecule has 3 heteroatoms. The number of hydrogen-bond donors (Lipinski definition) is 0. The molecule has 1 aliphatic heterocycles. The summed E-state index contributed by atoms with van der Waals surface area (Å²) in [6.45, 7) is 0. The molecule has 0 bridgehead atoms. The van der Waals surface area contributed by atoms with Crippen molar-refractivity contribution in [3.63, 3.8) is 0 Å². The predicted molar refractivity (Wildman–Crippen MR) is 99.6 cm³/mol. The summed E-state index contributed by atoms with van der Waals surface area (Å²) in [7, 11) is 0. The zero-order valence-corrected chi connectivity index (χ0v) is 13.7. The Morgan fingerprint density at radius 2 is 1.29 bits per heavy atom. The van der Waals surface area contributed by atoms with E-state index in [0.717, 1.165) is 26.7 Å². The van der Waals surface area contributed by atoms with Gasteiger partial charge in [0.2, 0.25) is 0 Å². The summed E-state index contributed by atoms with van der Waals surface area (Å²) < 4.78 is 0. The second-order valence-corrected chi connectivity index (χ2v) is 6.54. The molecule has 4 rings (SSSR count). The molecule has 3 aromatic carbocycles. The minimum absolute atomic E-state index is 0.0425. The Hall–Kier alpha value is -2.78. The summed E-state index contributed by atoms with van der Waals surface area (Å²) in [5.41, 5.74) is 2.88. The van der Waals surface area contributed by atoms with E-state index in [2.05, 4.69) is 12.1 Å². The molecule has 0 saturated carbocycles. The third kappa shape index (κ3) is 2.74. The van der Waals surface area contributed by atoms with E-state index in [0.29, 0.717) is 0 Å². The molecule has 0 aromatic heterocycles. The largest absolute Gasteiger partial charge is 0.275 e. The van der Waals surface area contributed by atoms with Gasteiger partial charge in [0.15, 0.2) is 0 Å². The lowest BCUT2D eigenvalue weighted by molar-refractivity contribution is -0.113. The van der Waals surface area contributed by atoms with E-state index in [1.807, 2.05) is 72.8 Å². The fourth-order valence-electron chi connectivity index (χ4n) is 2.75. The Bertz CT molecular complexity index is 872. The average molecular weight is 329 g/mol. The maximum Gasteiger partial charge on any atom is 0.255 e. The van der Waals surface area contributed by atoms with Crippen molar-refractivity contribution in [2.24, 2.45) is 0 Å². The van der Waals surface area contributed by atoms with Crippen molar-refractivity contribution in [2.75, 3.05) is 4.90 Å². The van der Waals surface area contributed by atoms with Crippen LogP contribution in [0.1, 0.15) is 5.56 Å². The van der Waals surface area contributed by atoms with Crippen LogP contribution in [0.25, 0.3) is 6.08 Å². The van der Waals surface area contributed by atoms with Gasteiger partial charge in [-0.3, -0.25) is 9.69 Å². The number of para-hydroxylation sites is 2. The SMILES string of the molecule is O=C(C=Cc1ccccc1)N1c2ccccc2Sc2ccccc21. The fraction of sp³-hybridized carbons (Fsp3) is 0. The molecule has 0 N–H and O–H groups in total. The standard InChI is InChI=1S/C21H15NOS/c23-21(15-14-16-8-2-1-3-9-16)22-17-10-4-6-12-19(17)24-20-13-7-5-11-18(20)22/h1-15H. The lowest BCUT2D eigenvalue weighted by atomic mass is 10.2. The highest BCUT2D eigenvalue weighted by Crippen LogP contribution is 2.47. The maximum absolute atomic E-state index is 12.9. The normalized spacial score (nSPS) is 12.8. The van der Waals surface area contributed by atoms with E-state index in [9.17, 15) is 4.79 Å². The first-order valence-electron chi connectivity index (χ1n) is 7.76. The van der Waals surface area contributed by atoms with Crippen LogP contribution in [-0.4, -0.2) is 5.91 Å². The number of amides is 1. The van der Waals surface area contributed by atoms with E-state index in [1.165, 1.54) is 0 Å². The second kappa shape index (κ2) is 6.38. The summed E-state index contributed by atoms with van der Waals surface area (Å²) in [6, 6.07) is 25.9. The van der Waals surface area contributed by atoms with Crippen molar-refractivity contribution < 1.29 is 4.79 Å².